The third-order valence-electron chi connectivity index (χ3n) is 0.740. The summed E-state index contributed by atoms with van der Waals surface area (Å²) >= 11 is 0. The summed E-state index contributed by atoms with van der Waals surface area (Å²) < 4.78 is 0. The molecule has 5 nitrogen and oxygen atoms in total. The van der Waals surface area contributed by atoms with Gasteiger partial charge in [0.2, 0.25) is 0 Å². The molecule has 2 N–H and O–H groups in total. The lowest BCUT2D eigenvalue weighted by molar-refractivity contribution is 0.293. The van der Waals surface area contributed by atoms with Gasteiger partial charge in [0.25, 0.3) is 0 Å². The summed E-state index contributed by atoms with van der Waals surface area (Å²) in [6, 6.07) is 0. The summed E-state index contributed by atoms with van der Waals surface area (Å²) in [5.41, 5.74) is 7.80. The minimum atomic E-state index is 0.121. The van der Waals surface area contributed by atoms with E-state index in [-0.39, 0.29) is 6.61 Å². The van der Waals surface area contributed by atoms with Crippen LogP contribution in [0.4, 0.5) is 0 Å². The van der Waals surface area contributed by atoms with E-state index in [4.69, 9.17) is 10.6 Å². The van der Waals surface area contributed by atoms with Crippen LogP contribution in [0.1, 0.15) is 0 Å². The molecule has 0 bridgehead atoms. The topological polar surface area (TPSA) is 81.0 Å². The summed E-state index contributed by atoms with van der Waals surface area (Å²) in [6.07, 6.45) is 0. The van der Waals surface area contributed by atoms with Gasteiger partial charge < -0.3 is 10.4 Å². The Balaban J connectivity index is 2.82. The van der Waals surface area contributed by atoms with Crippen LogP contribution in [0.25, 0.3) is 10.4 Å². The monoisotopic (exact) mass is 130 g/mol. The van der Waals surface area contributed by atoms with E-state index in [1.807, 2.05) is 0 Å². The summed E-state index contributed by atoms with van der Waals surface area (Å²) in [6.45, 7) is 1.75. The van der Waals surface area contributed by atoms with Crippen LogP contribution in [0.15, 0.2) is 5.11 Å². The smallest absolute Gasteiger partial charge is 0.0555 e. The zero-order valence-corrected chi connectivity index (χ0v) is 5.12. The second kappa shape index (κ2) is 7.23. The molecule has 0 heterocycles. The Kier molecular flexibility index (Phi) is 6.61. The molecule has 52 valence electrons. The lowest BCUT2D eigenvalue weighted by Gasteiger charge is -1.95. The van der Waals surface area contributed by atoms with Gasteiger partial charge in [-0.15, -0.1) is 0 Å². The van der Waals surface area contributed by atoms with Crippen LogP contribution in [-0.2, 0) is 0 Å². The molecule has 0 unspecified atom stereocenters. The first-order valence-corrected chi connectivity index (χ1v) is 2.74. The molecule has 0 radical (unpaired) electrons. The molecule has 0 spiro atoms. The normalized spacial score (nSPS) is 8.56. The van der Waals surface area contributed by atoms with Gasteiger partial charge in [-0.1, -0.05) is 5.11 Å². The quantitative estimate of drug-likeness (QED) is 0.235. The van der Waals surface area contributed by atoms with Crippen molar-refractivity contribution in [3.05, 3.63) is 10.4 Å². The van der Waals surface area contributed by atoms with E-state index in [0.29, 0.717) is 19.6 Å². The van der Waals surface area contributed by atoms with Crippen LogP contribution in [0.3, 0.4) is 0 Å². The maximum atomic E-state index is 8.26. The fraction of sp³-hybridized carbons (Fsp3) is 1.00. The van der Waals surface area contributed by atoms with E-state index in [1.165, 1.54) is 0 Å². The van der Waals surface area contributed by atoms with E-state index in [2.05, 4.69) is 15.3 Å². The number of hydrogen-bond donors (Lipinski definition) is 2. The van der Waals surface area contributed by atoms with Crippen molar-refractivity contribution in [2.75, 3.05) is 26.2 Å². The van der Waals surface area contributed by atoms with E-state index in [1.54, 1.807) is 0 Å². The molecule has 5 heteroatoms. The van der Waals surface area contributed by atoms with Crippen molar-refractivity contribution in [2.24, 2.45) is 5.11 Å². The van der Waals surface area contributed by atoms with Gasteiger partial charge in [-0.2, -0.15) is 0 Å². The first kappa shape index (κ1) is 8.23. The molecule has 0 aliphatic rings. The molecule has 0 aromatic rings. The van der Waals surface area contributed by atoms with Crippen molar-refractivity contribution >= 4 is 0 Å². The van der Waals surface area contributed by atoms with Crippen molar-refractivity contribution in [1.82, 2.24) is 5.32 Å². The minimum absolute atomic E-state index is 0.121. The van der Waals surface area contributed by atoms with Crippen molar-refractivity contribution in [3.63, 3.8) is 0 Å². The van der Waals surface area contributed by atoms with Gasteiger partial charge in [0, 0.05) is 24.5 Å². The van der Waals surface area contributed by atoms with E-state index in [0.717, 1.165) is 0 Å². The third-order valence-corrected chi connectivity index (χ3v) is 0.740. The molecule has 9 heavy (non-hydrogen) atoms. The van der Waals surface area contributed by atoms with Crippen LogP contribution < -0.4 is 5.32 Å². The number of nitrogens with one attached hydrogen (secondary N) is 1. The highest BCUT2D eigenvalue weighted by atomic mass is 16.3. The number of nitrogens with zero attached hydrogens (tertiary/aromatic N) is 3. The van der Waals surface area contributed by atoms with Crippen LogP contribution >= 0.6 is 0 Å². The Labute approximate surface area is 53.3 Å². The average molecular weight is 130 g/mol. The van der Waals surface area contributed by atoms with Crippen molar-refractivity contribution < 1.29 is 5.11 Å². The largest absolute Gasteiger partial charge is 0.395 e. The fourth-order valence-corrected chi connectivity index (χ4v) is 0.378. The zero-order chi connectivity index (χ0) is 6.95. The molecule has 0 aromatic heterocycles. The second-order valence-electron chi connectivity index (χ2n) is 1.43. The van der Waals surface area contributed by atoms with E-state index < -0.39 is 0 Å². The average Bonchev–Trinajstić information content (AvgIpc) is 1.89. The number of aliphatic hydroxyl groups is 1. The third kappa shape index (κ3) is 7.23. The Bertz CT molecular complexity index is 98.7. The van der Waals surface area contributed by atoms with Gasteiger partial charge in [0.05, 0.1) is 6.61 Å². The first-order chi connectivity index (χ1) is 4.41. The van der Waals surface area contributed by atoms with Gasteiger partial charge in [-0.3, -0.25) is 0 Å². The Morgan fingerprint density at radius 3 is 2.89 bits per heavy atom. The predicted molar refractivity (Wildman–Crippen MR) is 34.0 cm³/mol. The van der Waals surface area contributed by atoms with Gasteiger partial charge in [-0.25, -0.2) is 0 Å². The molecule has 0 aliphatic heterocycles. The Hall–Kier alpha value is -0.770. The molecule has 0 aromatic carbocycles. The van der Waals surface area contributed by atoms with Crippen LogP contribution in [0, 0.1) is 0 Å². The lowest BCUT2D eigenvalue weighted by atomic mass is 10.6. The molecule has 0 aliphatic carbocycles. The summed E-state index contributed by atoms with van der Waals surface area (Å²) in [5, 5.41) is 14.4. The molecule has 0 atom stereocenters. The standard InChI is InChI=1S/C4H10N4O/c5-8-7-2-1-6-3-4-9/h6,9H,1-4H2. The maximum Gasteiger partial charge on any atom is 0.0555 e. The highest BCUT2D eigenvalue weighted by Gasteiger charge is 1.80. The van der Waals surface area contributed by atoms with Gasteiger partial charge in [0.15, 0.2) is 0 Å². The summed E-state index contributed by atoms with van der Waals surface area (Å²) in [7, 11) is 0. The molecular weight excluding hydrogens is 120 g/mol. The van der Waals surface area contributed by atoms with Crippen LogP contribution in [0.2, 0.25) is 0 Å². The highest BCUT2D eigenvalue weighted by molar-refractivity contribution is 4.50. The van der Waals surface area contributed by atoms with Crippen LogP contribution in [-0.4, -0.2) is 31.3 Å². The van der Waals surface area contributed by atoms with Crippen molar-refractivity contribution in [2.45, 2.75) is 0 Å². The fourth-order valence-electron chi connectivity index (χ4n) is 0.378. The van der Waals surface area contributed by atoms with Crippen molar-refractivity contribution in [3.8, 4) is 0 Å². The number of aliphatic hydroxyl groups excluding tert-OH is 1. The van der Waals surface area contributed by atoms with Gasteiger partial charge in [0.1, 0.15) is 0 Å². The van der Waals surface area contributed by atoms with E-state index in [9.17, 15) is 0 Å². The van der Waals surface area contributed by atoms with Gasteiger partial charge >= 0.3 is 0 Å². The highest BCUT2D eigenvalue weighted by Crippen LogP contribution is 1.66. The molecule has 0 saturated carbocycles. The first-order valence-electron chi connectivity index (χ1n) is 2.74. The van der Waals surface area contributed by atoms with Crippen LogP contribution in [0.5, 0.6) is 0 Å². The summed E-state index contributed by atoms with van der Waals surface area (Å²) in [5.74, 6) is 0. The Morgan fingerprint density at radius 1 is 1.56 bits per heavy atom. The molecule has 0 rings (SSSR count). The predicted octanol–water partition coefficient (Wildman–Crippen LogP) is -0.121. The number of rotatable bonds is 5. The van der Waals surface area contributed by atoms with Gasteiger partial charge in [-0.05, 0) is 5.53 Å². The van der Waals surface area contributed by atoms with E-state index >= 15 is 0 Å². The maximum absolute atomic E-state index is 8.26. The molecular formula is C4H10N4O. The van der Waals surface area contributed by atoms with Crippen molar-refractivity contribution in [1.29, 1.82) is 0 Å². The SMILES string of the molecule is [N-]=[N+]=NCCNCCO. The molecule has 0 saturated heterocycles. The summed E-state index contributed by atoms with van der Waals surface area (Å²) in [4.78, 5) is 2.56. The minimum Gasteiger partial charge on any atom is -0.395 e. The molecule has 0 amide bonds. The zero-order valence-electron chi connectivity index (χ0n) is 5.12. The number of azide groups is 1. The Morgan fingerprint density at radius 2 is 2.33 bits per heavy atom. The lowest BCUT2D eigenvalue weighted by Crippen LogP contribution is -2.20. The number of hydrogen-bond acceptors (Lipinski definition) is 3. The molecule has 0 fully saturated rings. The second-order valence-corrected chi connectivity index (χ2v) is 1.43.